The van der Waals surface area contributed by atoms with E-state index in [1.807, 2.05) is 6.07 Å². The zero-order valence-corrected chi connectivity index (χ0v) is 18.6. The Morgan fingerprint density at radius 3 is 2.50 bits per heavy atom. The van der Waals surface area contributed by atoms with Crippen LogP contribution in [0.3, 0.4) is 0 Å². The van der Waals surface area contributed by atoms with Gasteiger partial charge in [0.25, 0.3) is 0 Å². The number of benzene rings is 1. The van der Waals surface area contributed by atoms with E-state index in [1.165, 1.54) is 51.4 Å². The number of aliphatic imine (C=N–C) groups is 1. The van der Waals surface area contributed by atoms with E-state index in [1.54, 1.807) is 11.3 Å². The summed E-state index contributed by atoms with van der Waals surface area (Å²) in [5, 5.41) is 11.3. The molecular weight excluding hydrogens is 390 g/mol. The summed E-state index contributed by atoms with van der Waals surface area (Å²) in [4.78, 5) is 11.8. The molecule has 0 saturated heterocycles. The second-order valence-corrected chi connectivity index (χ2v) is 9.94. The highest BCUT2D eigenvalue weighted by Crippen LogP contribution is 2.39. The Hall–Kier alpha value is -2.14. The first-order valence-corrected chi connectivity index (χ1v) is 12.4. The van der Waals surface area contributed by atoms with Crippen LogP contribution in [0.5, 0.6) is 5.88 Å². The number of rotatable bonds is 3. The molecule has 0 bridgehead atoms. The lowest BCUT2D eigenvalue weighted by Crippen LogP contribution is -2.25. The van der Waals surface area contributed by atoms with Crippen molar-refractivity contribution in [3.8, 4) is 5.88 Å². The molecular formula is C25H31N3OS. The molecule has 5 heteroatoms. The van der Waals surface area contributed by atoms with Crippen LogP contribution in [0, 0.1) is 0 Å². The van der Waals surface area contributed by atoms with E-state index in [9.17, 15) is 5.11 Å². The molecule has 2 saturated carbocycles. The number of aromatic hydroxyl groups is 1. The van der Waals surface area contributed by atoms with Crippen molar-refractivity contribution in [1.29, 1.82) is 0 Å². The number of aromatic nitrogens is 1. The number of allylic oxidation sites excluding steroid dienone is 1. The molecule has 0 atom stereocenters. The molecule has 2 aromatic rings. The number of hydrogen-bond donors (Lipinski definition) is 1. The van der Waals surface area contributed by atoms with E-state index in [-0.39, 0.29) is 0 Å². The Morgan fingerprint density at radius 2 is 1.73 bits per heavy atom. The zero-order valence-electron chi connectivity index (χ0n) is 17.8. The maximum absolute atomic E-state index is 11.3. The zero-order chi connectivity index (χ0) is 20.5. The van der Waals surface area contributed by atoms with Gasteiger partial charge in [0.05, 0.1) is 16.6 Å². The largest absolute Gasteiger partial charge is 0.493 e. The maximum atomic E-state index is 11.3. The molecule has 158 valence electrons. The van der Waals surface area contributed by atoms with E-state index in [4.69, 9.17) is 9.98 Å². The number of fused-ring (bicyclic) bond motifs is 1. The van der Waals surface area contributed by atoms with Gasteiger partial charge < -0.3 is 5.11 Å². The molecule has 3 aliphatic rings. The molecule has 2 heterocycles. The first-order chi connectivity index (χ1) is 14.7. The van der Waals surface area contributed by atoms with Gasteiger partial charge in [-0.1, -0.05) is 68.1 Å². The van der Waals surface area contributed by atoms with Gasteiger partial charge in [-0.3, -0.25) is 14.6 Å². The molecule has 1 aliphatic heterocycles. The van der Waals surface area contributed by atoms with Crippen LogP contribution < -0.4 is 4.80 Å². The van der Waals surface area contributed by atoms with E-state index < -0.39 is 0 Å². The van der Waals surface area contributed by atoms with Crippen LogP contribution in [0.25, 0.3) is 11.6 Å². The highest BCUT2D eigenvalue weighted by molar-refractivity contribution is 7.10. The van der Waals surface area contributed by atoms with Gasteiger partial charge in [-0.05, 0) is 44.7 Å². The van der Waals surface area contributed by atoms with Crippen LogP contribution in [0.4, 0.5) is 5.69 Å². The SMILES string of the molecule is CC1=Nc2ccccc2/C1=C/c1sc(=NC2CCCCC2)n(C2CCCCC2)c1O. The molecule has 2 fully saturated rings. The molecule has 1 N–H and O–H groups in total. The second kappa shape index (κ2) is 8.54. The summed E-state index contributed by atoms with van der Waals surface area (Å²) < 4.78 is 2.16. The predicted molar refractivity (Wildman–Crippen MR) is 126 cm³/mol. The van der Waals surface area contributed by atoms with E-state index >= 15 is 0 Å². The highest BCUT2D eigenvalue weighted by atomic mass is 32.1. The van der Waals surface area contributed by atoms with Crippen molar-refractivity contribution in [3.63, 3.8) is 0 Å². The van der Waals surface area contributed by atoms with E-state index in [0.29, 0.717) is 18.0 Å². The average Bonchev–Trinajstić information content (AvgIpc) is 3.26. The summed E-state index contributed by atoms with van der Waals surface area (Å²) in [5.74, 6) is 0.395. The summed E-state index contributed by atoms with van der Waals surface area (Å²) in [5.41, 5.74) is 4.29. The first-order valence-electron chi connectivity index (χ1n) is 11.6. The summed E-state index contributed by atoms with van der Waals surface area (Å²) >= 11 is 1.65. The van der Waals surface area contributed by atoms with Gasteiger partial charge in [-0.15, -0.1) is 0 Å². The molecule has 0 amide bonds. The number of para-hydroxylation sites is 1. The minimum absolute atomic E-state index is 0.370. The fraction of sp³-hybridized carbons (Fsp3) is 0.520. The third-order valence-electron chi connectivity index (χ3n) is 6.81. The monoisotopic (exact) mass is 421 g/mol. The lowest BCUT2D eigenvalue weighted by Gasteiger charge is -2.24. The van der Waals surface area contributed by atoms with Crippen molar-refractivity contribution in [1.82, 2.24) is 4.57 Å². The molecule has 0 unspecified atom stereocenters. The Morgan fingerprint density at radius 1 is 1.03 bits per heavy atom. The normalized spacial score (nSPS) is 22.5. The molecule has 2 aliphatic carbocycles. The summed E-state index contributed by atoms with van der Waals surface area (Å²) in [7, 11) is 0. The van der Waals surface area contributed by atoms with Crippen molar-refractivity contribution in [2.24, 2.45) is 9.98 Å². The maximum Gasteiger partial charge on any atom is 0.211 e. The van der Waals surface area contributed by atoms with Crippen molar-refractivity contribution in [2.45, 2.75) is 83.2 Å². The Bertz CT molecular complexity index is 1050. The highest BCUT2D eigenvalue weighted by Gasteiger charge is 2.24. The molecule has 0 radical (unpaired) electrons. The Kier molecular flexibility index (Phi) is 5.64. The number of nitrogens with zero attached hydrogens (tertiary/aromatic N) is 3. The first kappa shape index (κ1) is 19.8. The van der Waals surface area contributed by atoms with Crippen LogP contribution in [-0.4, -0.2) is 21.4 Å². The third kappa shape index (κ3) is 3.80. The fourth-order valence-electron chi connectivity index (χ4n) is 5.17. The van der Waals surface area contributed by atoms with Crippen molar-refractivity contribution in [2.75, 3.05) is 0 Å². The average molecular weight is 422 g/mol. The minimum atomic E-state index is 0.370. The summed E-state index contributed by atoms with van der Waals surface area (Å²) in [6.45, 7) is 2.05. The molecule has 30 heavy (non-hydrogen) atoms. The van der Waals surface area contributed by atoms with Crippen LogP contribution in [0.1, 0.15) is 87.6 Å². The van der Waals surface area contributed by atoms with Gasteiger partial charge in [0.15, 0.2) is 4.80 Å². The van der Waals surface area contributed by atoms with Gasteiger partial charge in [0, 0.05) is 22.9 Å². The topological polar surface area (TPSA) is 49.9 Å². The summed E-state index contributed by atoms with van der Waals surface area (Å²) in [6, 6.07) is 9.03. The lowest BCUT2D eigenvalue weighted by molar-refractivity contribution is 0.304. The van der Waals surface area contributed by atoms with Crippen LogP contribution >= 0.6 is 11.3 Å². The van der Waals surface area contributed by atoms with Gasteiger partial charge in [0.2, 0.25) is 5.88 Å². The van der Waals surface area contributed by atoms with Gasteiger partial charge in [-0.2, -0.15) is 0 Å². The van der Waals surface area contributed by atoms with Crippen LogP contribution in [0.15, 0.2) is 34.3 Å². The van der Waals surface area contributed by atoms with Gasteiger partial charge in [-0.25, -0.2) is 0 Å². The molecule has 1 aromatic carbocycles. The van der Waals surface area contributed by atoms with Crippen LogP contribution in [-0.2, 0) is 0 Å². The minimum Gasteiger partial charge on any atom is -0.493 e. The lowest BCUT2D eigenvalue weighted by atomic mass is 9.95. The Labute approximate surface area is 182 Å². The quantitative estimate of drug-likeness (QED) is 0.593. The standard InChI is InChI=1S/C25H31N3OS/c1-17-21(20-14-8-9-15-22(20)26-17)16-23-24(29)28(19-12-6-3-7-13-19)25(30-23)27-18-10-4-2-5-11-18/h8-9,14-16,18-19,29H,2-7,10-13H2,1H3/b21-16+,27-25?. The van der Waals surface area contributed by atoms with E-state index in [2.05, 4.69) is 35.8 Å². The predicted octanol–water partition coefficient (Wildman–Crippen LogP) is 6.64. The van der Waals surface area contributed by atoms with E-state index in [0.717, 1.165) is 45.1 Å². The number of hydrogen-bond acceptors (Lipinski definition) is 4. The molecule has 5 rings (SSSR count). The van der Waals surface area contributed by atoms with Crippen molar-refractivity contribution < 1.29 is 5.11 Å². The van der Waals surface area contributed by atoms with Crippen LogP contribution in [0.2, 0.25) is 0 Å². The summed E-state index contributed by atoms with van der Waals surface area (Å²) in [6.07, 6.45) is 14.4. The molecule has 1 aromatic heterocycles. The van der Waals surface area contributed by atoms with Gasteiger partial charge >= 0.3 is 0 Å². The number of thiazole rings is 1. The second-order valence-electron chi connectivity index (χ2n) is 8.93. The smallest absolute Gasteiger partial charge is 0.211 e. The van der Waals surface area contributed by atoms with Crippen molar-refractivity contribution in [3.05, 3.63) is 39.5 Å². The molecule has 4 nitrogen and oxygen atoms in total. The Balaban J connectivity index is 1.59. The third-order valence-corrected chi connectivity index (χ3v) is 7.82. The van der Waals surface area contributed by atoms with Gasteiger partial charge in [0.1, 0.15) is 0 Å². The van der Waals surface area contributed by atoms with Crippen molar-refractivity contribution >= 4 is 34.4 Å². The molecule has 0 spiro atoms. The fourth-order valence-corrected chi connectivity index (χ4v) is 6.27.